The number of rotatable bonds is 5. The van der Waals surface area contributed by atoms with Crippen LogP contribution in [0.1, 0.15) is 16.7 Å². The second-order valence-corrected chi connectivity index (χ2v) is 8.08. The third-order valence-electron chi connectivity index (χ3n) is 4.66. The SMILES string of the molecule is CNc1cccc(C([O-])=Nc2c(I)cc(C(F)(C(F)(F)F)C(F)(F)C(F)(F)F)cc2C(F)(F)F)c1F. The van der Waals surface area contributed by atoms with Crippen molar-refractivity contribution in [3.63, 3.8) is 0 Å². The maximum Gasteiger partial charge on any atom is 0.457 e. The average Bonchev–Trinajstić information content (AvgIpc) is 2.71. The van der Waals surface area contributed by atoms with Gasteiger partial charge in [-0.25, -0.2) is 8.78 Å². The summed E-state index contributed by atoms with van der Waals surface area (Å²) < 4.78 is 174. The second kappa shape index (κ2) is 9.44. The quantitative estimate of drug-likeness (QED) is 0.166. The van der Waals surface area contributed by atoms with Gasteiger partial charge in [-0.2, -0.15) is 48.3 Å². The molecule has 200 valence electrons. The van der Waals surface area contributed by atoms with E-state index in [0.29, 0.717) is 0 Å². The minimum absolute atomic E-state index is 0.307. The minimum atomic E-state index is -7.23. The number of nitrogens with one attached hydrogen (secondary N) is 1. The van der Waals surface area contributed by atoms with E-state index in [0.717, 1.165) is 40.8 Å². The van der Waals surface area contributed by atoms with Gasteiger partial charge < -0.3 is 10.4 Å². The first kappa shape index (κ1) is 29.8. The molecule has 1 N–H and O–H groups in total. The maximum absolute atomic E-state index is 14.7. The number of hydrogen-bond acceptors (Lipinski definition) is 3. The second-order valence-electron chi connectivity index (χ2n) is 6.91. The predicted octanol–water partition coefficient (Wildman–Crippen LogP) is 6.85. The highest BCUT2D eigenvalue weighted by Gasteiger charge is 2.81. The fraction of sp³-hybridized carbons (Fsp3) is 0.316. The van der Waals surface area contributed by atoms with Crippen LogP contribution in [-0.2, 0) is 11.8 Å². The highest BCUT2D eigenvalue weighted by molar-refractivity contribution is 14.1. The van der Waals surface area contributed by atoms with Crippen LogP contribution in [0.3, 0.4) is 0 Å². The van der Waals surface area contributed by atoms with E-state index in [1.165, 1.54) is 7.05 Å². The van der Waals surface area contributed by atoms with Gasteiger partial charge in [-0.15, -0.1) is 0 Å². The summed E-state index contributed by atoms with van der Waals surface area (Å²) in [6.45, 7) is 0. The summed E-state index contributed by atoms with van der Waals surface area (Å²) in [4.78, 5) is 2.98. The van der Waals surface area contributed by atoms with Crippen molar-refractivity contribution in [2.75, 3.05) is 12.4 Å². The Kier molecular flexibility index (Phi) is 7.80. The van der Waals surface area contributed by atoms with Crippen LogP contribution in [0.15, 0.2) is 35.3 Å². The van der Waals surface area contributed by atoms with E-state index in [1.54, 1.807) is 0 Å². The molecule has 2 aromatic carbocycles. The van der Waals surface area contributed by atoms with Crippen LogP contribution in [0.2, 0.25) is 0 Å². The van der Waals surface area contributed by atoms with Gasteiger partial charge in [0.05, 0.1) is 16.9 Å². The zero-order valence-electron chi connectivity index (χ0n) is 17.0. The van der Waals surface area contributed by atoms with Crippen molar-refractivity contribution < 1.29 is 62.2 Å². The van der Waals surface area contributed by atoms with Crippen molar-refractivity contribution in [1.82, 2.24) is 0 Å². The highest BCUT2D eigenvalue weighted by atomic mass is 127. The highest BCUT2D eigenvalue weighted by Crippen LogP contribution is 2.59. The monoisotopic (exact) mass is 655 g/mol. The van der Waals surface area contributed by atoms with E-state index in [2.05, 4.69) is 10.3 Å². The van der Waals surface area contributed by atoms with Crippen LogP contribution in [0.5, 0.6) is 0 Å². The summed E-state index contributed by atoms with van der Waals surface area (Å²) in [7, 11) is 1.22. The topological polar surface area (TPSA) is 47.4 Å². The number of alkyl halides is 12. The average molecular weight is 655 g/mol. The Balaban J connectivity index is 2.91. The van der Waals surface area contributed by atoms with Crippen LogP contribution in [0.4, 0.5) is 68.5 Å². The first-order valence-corrected chi connectivity index (χ1v) is 10.0. The van der Waals surface area contributed by atoms with Gasteiger partial charge in [-0.05, 0) is 46.7 Å². The van der Waals surface area contributed by atoms with Gasteiger partial charge in [0.15, 0.2) is 5.82 Å². The molecule has 1 atom stereocenters. The van der Waals surface area contributed by atoms with Crippen molar-refractivity contribution >= 4 is 39.9 Å². The number of anilines is 1. The lowest BCUT2D eigenvalue weighted by atomic mass is 9.86. The molecule has 2 aromatic rings. The standard InChI is InChI=1S/C19H10F13IN2O/c1-34-11-4-2-3-8(12(11)20)14(36)35-13-9(16(22,23)24)5-7(6-10(13)33)15(21,18(27,28)29)17(25,26)19(30,31)32/h2-6,34H,1H3,(H,35,36)/p-1. The van der Waals surface area contributed by atoms with Crippen LogP contribution in [0, 0.1) is 9.39 Å². The van der Waals surface area contributed by atoms with Crippen molar-refractivity contribution in [2.45, 2.75) is 30.1 Å². The third-order valence-corrected chi connectivity index (χ3v) is 5.48. The summed E-state index contributed by atoms with van der Waals surface area (Å²) in [5, 5.41) is 14.6. The number of aliphatic imine (C=N–C) groups is 1. The van der Waals surface area contributed by atoms with Crippen LogP contribution in [0.25, 0.3) is 0 Å². The first-order valence-electron chi connectivity index (χ1n) is 8.95. The molecule has 0 amide bonds. The molecule has 0 saturated heterocycles. The lowest BCUT2D eigenvalue weighted by Gasteiger charge is -2.36. The summed E-state index contributed by atoms with van der Waals surface area (Å²) >= 11 is 0.732. The first-order chi connectivity index (χ1) is 16.1. The summed E-state index contributed by atoms with van der Waals surface area (Å²) in [6.07, 6.45) is -20.1. The zero-order chi connectivity index (χ0) is 28.1. The van der Waals surface area contributed by atoms with E-state index < -0.39 is 79.9 Å². The number of benzene rings is 2. The minimum Gasteiger partial charge on any atom is -0.858 e. The molecule has 0 radical (unpaired) electrons. The van der Waals surface area contributed by atoms with Crippen LogP contribution >= 0.6 is 22.6 Å². The molecule has 0 saturated carbocycles. The molecule has 0 spiro atoms. The van der Waals surface area contributed by atoms with Crippen LogP contribution < -0.4 is 10.4 Å². The molecule has 0 bridgehead atoms. The molecule has 36 heavy (non-hydrogen) atoms. The van der Waals surface area contributed by atoms with Crippen molar-refractivity contribution in [2.24, 2.45) is 4.99 Å². The molecule has 2 rings (SSSR count). The largest absolute Gasteiger partial charge is 0.858 e. The molecule has 0 aromatic heterocycles. The maximum atomic E-state index is 14.7. The Hall–Kier alpha value is -2.47. The van der Waals surface area contributed by atoms with E-state index >= 15 is 0 Å². The Morgan fingerprint density at radius 1 is 0.889 bits per heavy atom. The Morgan fingerprint density at radius 2 is 1.44 bits per heavy atom. The van der Waals surface area contributed by atoms with Gasteiger partial charge in [-0.1, -0.05) is 12.1 Å². The number of hydrogen-bond donors (Lipinski definition) is 1. The van der Waals surface area contributed by atoms with E-state index in [4.69, 9.17) is 0 Å². The fourth-order valence-electron chi connectivity index (χ4n) is 2.90. The molecule has 0 aliphatic rings. The molecule has 0 aliphatic carbocycles. The van der Waals surface area contributed by atoms with Crippen molar-refractivity contribution in [3.05, 3.63) is 56.4 Å². The molecule has 17 heteroatoms. The van der Waals surface area contributed by atoms with Crippen molar-refractivity contribution in [3.8, 4) is 0 Å². The summed E-state index contributed by atoms with van der Waals surface area (Å²) in [6, 6.07) is 1.62. The van der Waals surface area contributed by atoms with Gasteiger partial charge in [0.25, 0.3) is 0 Å². The molecule has 0 fully saturated rings. The Morgan fingerprint density at radius 3 is 1.89 bits per heavy atom. The summed E-state index contributed by atoms with van der Waals surface area (Å²) in [5.41, 5.74) is -14.7. The smallest absolute Gasteiger partial charge is 0.457 e. The fourth-order valence-corrected chi connectivity index (χ4v) is 3.64. The predicted molar refractivity (Wildman–Crippen MR) is 106 cm³/mol. The molecular formula is C19H9F13IN2O-. The molecular weight excluding hydrogens is 646 g/mol. The lowest BCUT2D eigenvalue weighted by molar-refractivity contribution is -0.389. The van der Waals surface area contributed by atoms with Gasteiger partial charge >= 0.3 is 30.1 Å². The lowest BCUT2D eigenvalue weighted by Crippen LogP contribution is -2.59. The van der Waals surface area contributed by atoms with Gasteiger partial charge in [-0.3, -0.25) is 4.99 Å². The molecule has 0 aliphatic heterocycles. The molecule has 3 nitrogen and oxygen atoms in total. The number of halogens is 14. The third kappa shape index (κ3) is 5.02. The van der Waals surface area contributed by atoms with Crippen LogP contribution in [-0.4, -0.2) is 31.2 Å². The molecule has 1 unspecified atom stereocenters. The van der Waals surface area contributed by atoms with Crippen molar-refractivity contribution in [1.29, 1.82) is 0 Å². The van der Waals surface area contributed by atoms with Gasteiger partial charge in [0, 0.05) is 21.7 Å². The zero-order valence-corrected chi connectivity index (χ0v) is 19.2. The van der Waals surface area contributed by atoms with E-state index in [9.17, 15) is 62.2 Å². The Labute approximate surface area is 206 Å². The number of nitrogens with zero attached hydrogens (tertiary/aromatic N) is 1. The van der Waals surface area contributed by atoms with Gasteiger partial charge in [0.1, 0.15) is 0 Å². The van der Waals surface area contributed by atoms with E-state index in [-0.39, 0.29) is 5.69 Å². The van der Waals surface area contributed by atoms with E-state index in [1.807, 2.05) is 0 Å². The molecule has 0 heterocycles. The Bertz CT molecular complexity index is 1170. The summed E-state index contributed by atoms with van der Waals surface area (Å²) in [5.74, 6) is -10.2. The normalized spacial score (nSPS) is 15.6. The van der Waals surface area contributed by atoms with Gasteiger partial charge in [0.2, 0.25) is 0 Å².